The van der Waals surface area contributed by atoms with E-state index in [1.165, 1.54) is 12.7 Å². The van der Waals surface area contributed by atoms with Gasteiger partial charge in [-0.15, -0.1) is 0 Å². The maximum atomic E-state index is 12.2. The van der Waals surface area contributed by atoms with Crippen LogP contribution in [0.5, 0.6) is 0 Å². The maximum Gasteiger partial charge on any atom is 0.240 e. The molecular weight excluding hydrogens is 266 g/mol. The molecule has 0 bridgehead atoms. The Labute approximate surface area is 113 Å². The van der Waals surface area contributed by atoms with Crippen LogP contribution >= 0.6 is 0 Å². The number of methoxy groups -OCH3 is 1. The number of benzene rings is 1. The lowest BCUT2D eigenvalue weighted by Crippen LogP contribution is -2.40. The number of sulfonamides is 1. The number of fused-ring (bicyclic) bond motifs is 1. The second-order valence-corrected chi connectivity index (χ2v) is 6.45. The van der Waals surface area contributed by atoms with Crippen molar-refractivity contribution in [3.05, 3.63) is 29.3 Å². The summed E-state index contributed by atoms with van der Waals surface area (Å²) in [5, 5.41) is 9.12. The van der Waals surface area contributed by atoms with Gasteiger partial charge < -0.3 is 9.84 Å². The molecule has 0 amide bonds. The highest BCUT2D eigenvalue weighted by atomic mass is 32.2. The molecule has 1 aromatic carbocycles. The van der Waals surface area contributed by atoms with Crippen LogP contribution < -0.4 is 4.72 Å². The van der Waals surface area contributed by atoms with E-state index >= 15 is 0 Å². The van der Waals surface area contributed by atoms with Gasteiger partial charge in [-0.05, 0) is 42.5 Å². The number of rotatable bonds is 6. The zero-order valence-corrected chi connectivity index (χ0v) is 11.7. The maximum absolute atomic E-state index is 12.2. The van der Waals surface area contributed by atoms with E-state index in [0.29, 0.717) is 0 Å². The highest BCUT2D eigenvalue weighted by molar-refractivity contribution is 7.89. The lowest BCUT2D eigenvalue weighted by Gasteiger charge is -2.16. The number of ether oxygens (including phenoxy) is 1. The number of aliphatic hydroxyl groups excluding tert-OH is 1. The number of aliphatic hydroxyl groups is 1. The summed E-state index contributed by atoms with van der Waals surface area (Å²) in [5.41, 5.74) is 2.34. The average molecular weight is 285 g/mol. The Kier molecular flexibility index (Phi) is 4.57. The molecule has 6 heteroatoms. The van der Waals surface area contributed by atoms with Gasteiger partial charge in [0.25, 0.3) is 0 Å². The third kappa shape index (κ3) is 3.33. The summed E-state index contributed by atoms with van der Waals surface area (Å²) < 4.78 is 31.7. The minimum Gasteiger partial charge on any atom is -0.395 e. The SMILES string of the molecule is COCC(CO)NS(=O)(=O)c1ccc2c(c1)CCC2. The van der Waals surface area contributed by atoms with Crippen LogP contribution in [0.2, 0.25) is 0 Å². The van der Waals surface area contributed by atoms with Gasteiger partial charge in [-0.25, -0.2) is 13.1 Å². The fraction of sp³-hybridized carbons (Fsp3) is 0.538. The smallest absolute Gasteiger partial charge is 0.240 e. The monoisotopic (exact) mass is 285 g/mol. The average Bonchev–Trinajstić information content (AvgIpc) is 2.85. The predicted octanol–water partition coefficient (Wildman–Crippen LogP) is 0.461. The molecule has 0 radical (unpaired) electrons. The van der Waals surface area contributed by atoms with E-state index in [9.17, 15) is 8.42 Å². The van der Waals surface area contributed by atoms with E-state index in [0.717, 1.165) is 24.8 Å². The molecule has 2 N–H and O–H groups in total. The standard InChI is InChI=1S/C13H19NO4S/c1-18-9-12(8-15)14-19(16,17)13-6-5-10-3-2-4-11(10)7-13/h5-7,12,14-15H,2-4,8-9H2,1H3. The van der Waals surface area contributed by atoms with Crippen molar-refractivity contribution in [1.29, 1.82) is 0 Å². The van der Waals surface area contributed by atoms with Gasteiger partial charge in [0, 0.05) is 7.11 Å². The number of hydrogen-bond donors (Lipinski definition) is 2. The first-order valence-corrected chi connectivity index (χ1v) is 7.79. The summed E-state index contributed by atoms with van der Waals surface area (Å²) in [6.45, 7) is -0.154. The summed E-state index contributed by atoms with van der Waals surface area (Å²) in [6, 6.07) is 4.60. The zero-order valence-electron chi connectivity index (χ0n) is 10.9. The molecule has 0 heterocycles. The van der Waals surface area contributed by atoms with Crippen LogP contribution in [0.1, 0.15) is 17.5 Å². The fourth-order valence-electron chi connectivity index (χ4n) is 2.33. The molecule has 1 aromatic rings. The molecule has 19 heavy (non-hydrogen) atoms. The highest BCUT2D eigenvalue weighted by Crippen LogP contribution is 2.24. The van der Waals surface area contributed by atoms with Crippen molar-refractivity contribution in [2.45, 2.75) is 30.2 Å². The van der Waals surface area contributed by atoms with E-state index in [4.69, 9.17) is 9.84 Å². The van der Waals surface area contributed by atoms with Gasteiger partial charge in [0.05, 0.1) is 24.2 Å². The molecule has 5 nitrogen and oxygen atoms in total. The van der Waals surface area contributed by atoms with Gasteiger partial charge in [0.2, 0.25) is 10.0 Å². The van der Waals surface area contributed by atoms with Crippen molar-refractivity contribution in [3.63, 3.8) is 0 Å². The summed E-state index contributed by atoms with van der Waals surface area (Å²) in [6.07, 6.45) is 3.03. The number of hydrogen-bond acceptors (Lipinski definition) is 4. The molecule has 0 spiro atoms. The Morgan fingerprint density at radius 2 is 2.11 bits per heavy atom. The van der Waals surface area contributed by atoms with Crippen molar-refractivity contribution in [1.82, 2.24) is 4.72 Å². The number of aryl methyl sites for hydroxylation is 2. The molecule has 1 unspecified atom stereocenters. The molecular formula is C13H19NO4S. The Morgan fingerprint density at radius 1 is 1.37 bits per heavy atom. The Hall–Kier alpha value is -0.950. The van der Waals surface area contributed by atoms with E-state index in [2.05, 4.69) is 4.72 Å². The Morgan fingerprint density at radius 3 is 2.79 bits per heavy atom. The van der Waals surface area contributed by atoms with Gasteiger partial charge in [-0.1, -0.05) is 6.07 Å². The molecule has 0 saturated carbocycles. The third-order valence-corrected chi connectivity index (χ3v) is 4.81. The topological polar surface area (TPSA) is 75.6 Å². The van der Waals surface area contributed by atoms with Crippen LogP contribution in [-0.2, 0) is 27.6 Å². The Bertz CT molecular complexity index is 542. The predicted molar refractivity (Wildman–Crippen MR) is 71.5 cm³/mol. The molecule has 0 saturated heterocycles. The van der Waals surface area contributed by atoms with Crippen LogP contribution in [0.3, 0.4) is 0 Å². The van der Waals surface area contributed by atoms with E-state index < -0.39 is 16.1 Å². The summed E-state index contributed by atoms with van der Waals surface area (Å²) in [7, 11) is -2.14. The molecule has 1 atom stereocenters. The van der Waals surface area contributed by atoms with Crippen LogP contribution in [0.25, 0.3) is 0 Å². The number of nitrogens with one attached hydrogen (secondary N) is 1. The minimum absolute atomic E-state index is 0.140. The lowest BCUT2D eigenvalue weighted by atomic mass is 10.1. The van der Waals surface area contributed by atoms with Crippen molar-refractivity contribution >= 4 is 10.0 Å². The van der Waals surface area contributed by atoms with E-state index in [-0.39, 0.29) is 18.1 Å². The van der Waals surface area contributed by atoms with Gasteiger partial charge in [0.15, 0.2) is 0 Å². The van der Waals surface area contributed by atoms with Gasteiger partial charge in [0.1, 0.15) is 0 Å². The summed E-state index contributed by atoms with van der Waals surface area (Å²) >= 11 is 0. The van der Waals surface area contributed by atoms with Crippen LogP contribution in [-0.4, -0.2) is 39.9 Å². The van der Waals surface area contributed by atoms with Gasteiger partial charge in [-0.2, -0.15) is 0 Å². The zero-order chi connectivity index (χ0) is 13.9. The van der Waals surface area contributed by atoms with Crippen molar-refractivity contribution in [2.75, 3.05) is 20.3 Å². The van der Waals surface area contributed by atoms with E-state index in [1.807, 2.05) is 6.07 Å². The first kappa shape index (κ1) is 14.5. The lowest BCUT2D eigenvalue weighted by molar-refractivity contribution is 0.139. The summed E-state index contributed by atoms with van der Waals surface area (Å²) in [4.78, 5) is 0.253. The molecule has 106 valence electrons. The van der Waals surface area contributed by atoms with Crippen molar-refractivity contribution in [2.24, 2.45) is 0 Å². The van der Waals surface area contributed by atoms with Crippen LogP contribution in [0, 0.1) is 0 Å². The molecule has 0 aliphatic heterocycles. The molecule has 1 aliphatic rings. The quantitative estimate of drug-likeness (QED) is 0.796. The second-order valence-electron chi connectivity index (χ2n) is 4.74. The summed E-state index contributed by atoms with van der Waals surface area (Å²) in [5.74, 6) is 0. The second kappa shape index (κ2) is 6.00. The van der Waals surface area contributed by atoms with Crippen molar-refractivity contribution in [3.8, 4) is 0 Å². The minimum atomic E-state index is -3.61. The largest absolute Gasteiger partial charge is 0.395 e. The third-order valence-electron chi connectivity index (χ3n) is 3.29. The van der Waals surface area contributed by atoms with E-state index in [1.54, 1.807) is 12.1 Å². The normalized spacial score (nSPS) is 16.3. The highest BCUT2D eigenvalue weighted by Gasteiger charge is 2.21. The van der Waals surface area contributed by atoms with Crippen LogP contribution in [0.15, 0.2) is 23.1 Å². The fourth-order valence-corrected chi connectivity index (χ4v) is 3.59. The molecule has 0 aromatic heterocycles. The van der Waals surface area contributed by atoms with Crippen molar-refractivity contribution < 1.29 is 18.3 Å². The van der Waals surface area contributed by atoms with Crippen LogP contribution in [0.4, 0.5) is 0 Å². The first-order chi connectivity index (χ1) is 9.06. The van der Waals surface area contributed by atoms with Gasteiger partial charge in [-0.3, -0.25) is 0 Å². The molecule has 1 aliphatic carbocycles. The molecule has 2 rings (SSSR count). The first-order valence-electron chi connectivity index (χ1n) is 6.31. The van der Waals surface area contributed by atoms with Gasteiger partial charge >= 0.3 is 0 Å². The Balaban J connectivity index is 2.19. The molecule has 0 fully saturated rings.